The van der Waals surface area contributed by atoms with Crippen LogP contribution in [0.25, 0.3) is 0 Å². The molecule has 0 nitrogen and oxygen atoms in total. The topological polar surface area (TPSA) is 0 Å². The molecule has 0 spiro atoms. The highest BCUT2D eigenvalue weighted by molar-refractivity contribution is 5.34. The quantitative estimate of drug-likeness (QED) is 0.177. The average Bonchev–Trinajstić information content (AvgIpc) is 2.94. The Morgan fingerprint density at radius 3 is 1.82 bits per heavy atom. The minimum Gasteiger partial charge on any atom is -0.203 e. The van der Waals surface area contributed by atoms with Gasteiger partial charge < -0.3 is 0 Å². The van der Waals surface area contributed by atoms with Gasteiger partial charge in [0.25, 0.3) is 0 Å². The third-order valence-corrected chi connectivity index (χ3v) is 10.6. The lowest BCUT2D eigenvalue weighted by atomic mass is 9.75. The van der Waals surface area contributed by atoms with Crippen molar-refractivity contribution in [2.24, 2.45) is 23.7 Å². The minimum absolute atomic E-state index is 0.0302. The van der Waals surface area contributed by atoms with Gasteiger partial charge in [-0.1, -0.05) is 122 Å². The highest BCUT2D eigenvalue weighted by atomic mass is 19.2. The van der Waals surface area contributed by atoms with Crippen molar-refractivity contribution >= 4 is 0 Å². The molecule has 214 valence electrons. The van der Waals surface area contributed by atoms with Crippen LogP contribution in [-0.2, 0) is 0 Å². The van der Waals surface area contributed by atoms with Crippen molar-refractivity contribution in [3.63, 3.8) is 0 Å². The van der Waals surface area contributed by atoms with Crippen LogP contribution in [0.4, 0.5) is 8.78 Å². The fraction of sp³-hybridized carbons (Fsp3) is 0.778. The molecule has 4 rings (SSSR count). The summed E-state index contributed by atoms with van der Waals surface area (Å²) in [6, 6.07) is 3.84. The minimum atomic E-state index is -0.575. The van der Waals surface area contributed by atoms with Gasteiger partial charge in [0.15, 0.2) is 11.6 Å². The molecule has 3 aliphatic rings. The van der Waals surface area contributed by atoms with E-state index < -0.39 is 11.6 Å². The molecule has 0 aliphatic heterocycles. The Morgan fingerprint density at radius 2 is 1.18 bits per heavy atom. The van der Waals surface area contributed by atoms with Gasteiger partial charge in [-0.05, 0) is 85.7 Å². The Morgan fingerprint density at radius 1 is 0.605 bits per heavy atom. The standard InChI is InChI=1S/C36H56F2/c1-3-4-5-6-7-10-29-17-21-31(22-18-29)33-25-26-34(36(38)35(33)37)32-23-19-30(20-24-32)12-9-8-11-28-15-13-27(2)14-16-28/h17,21,25-32H,3-16,18-20,22-24H2,1-2H3. The monoisotopic (exact) mass is 526 g/mol. The molecule has 38 heavy (non-hydrogen) atoms. The third-order valence-electron chi connectivity index (χ3n) is 10.6. The number of allylic oxidation sites excluding steroid dienone is 2. The summed E-state index contributed by atoms with van der Waals surface area (Å²) in [5.41, 5.74) is 1.21. The Hall–Kier alpha value is -1.18. The predicted molar refractivity (Wildman–Crippen MR) is 159 cm³/mol. The maximum absolute atomic E-state index is 15.3. The maximum Gasteiger partial charge on any atom is 0.162 e. The van der Waals surface area contributed by atoms with Gasteiger partial charge in [-0.2, -0.15) is 0 Å². The van der Waals surface area contributed by atoms with Gasteiger partial charge in [0.2, 0.25) is 0 Å². The van der Waals surface area contributed by atoms with Crippen molar-refractivity contribution < 1.29 is 8.78 Å². The number of benzene rings is 1. The number of hydrogen-bond donors (Lipinski definition) is 0. The lowest BCUT2D eigenvalue weighted by Gasteiger charge is -2.30. The SMILES string of the molecule is CCCCCCCC1C=CC(c2ccc(C3CCC(CCCCC4CCC(C)CC4)CC3)c(F)c2F)CC1. The van der Waals surface area contributed by atoms with E-state index in [-0.39, 0.29) is 11.8 Å². The molecule has 0 radical (unpaired) electrons. The van der Waals surface area contributed by atoms with Crippen molar-refractivity contribution in [2.45, 2.75) is 154 Å². The van der Waals surface area contributed by atoms with Crippen LogP contribution in [0.1, 0.15) is 165 Å². The van der Waals surface area contributed by atoms with Gasteiger partial charge in [0.1, 0.15) is 0 Å². The summed E-state index contributed by atoms with van der Waals surface area (Å²) in [5.74, 6) is 2.42. The van der Waals surface area contributed by atoms with E-state index in [1.165, 1.54) is 103 Å². The smallest absolute Gasteiger partial charge is 0.162 e. The summed E-state index contributed by atoms with van der Waals surface area (Å²) < 4.78 is 30.6. The number of rotatable bonds is 13. The Bertz CT molecular complexity index is 841. The van der Waals surface area contributed by atoms with Gasteiger partial charge >= 0.3 is 0 Å². The molecular weight excluding hydrogens is 470 g/mol. The fourth-order valence-corrected chi connectivity index (χ4v) is 7.81. The highest BCUT2D eigenvalue weighted by Gasteiger charge is 2.28. The molecule has 0 N–H and O–H groups in total. The molecule has 0 heterocycles. The molecule has 2 fully saturated rings. The average molecular weight is 527 g/mol. The second kappa shape index (κ2) is 15.6. The molecule has 0 bridgehead atoms. The summed E-state index contributed by atoms with van der Waals surface area (Å²) in [5, 5.41) is 0. The van der Waals surface area contributed by atoms with E-state index in [1.807, 2.05) is 12.1 Å². The Labute approximate surface area is 233 Å². The normalized spacial score (nSPS) is 30.0. The van der Waals surface area contributed by atoms with Crippen molar-refractivity contribution in [1.82, 2.24) is 0 Å². The zero-order valence-corrected chi connectivity index (χ0v) is 24.7. The first-order valence-corrected chi connectivity index (χ1v) is 16.7. The lowest BCUT2D eigenvalue weighted by molar-refractivity contribution is 0.261. The number of hydrogen-bond acceptors (Lipinski definition) is 0. The van der Waals surface area contributed by atoms with Crippen LogP contribution in [-0.4, -0.2) is 0 Å². The molecule has 2 unspecified atom stereocenters. The van der Waals surface area contributed by atoms with Crippen LogP contribution < -0.4 is 0 Å². The zero-order chi connectivity index (χ0) is 26.7. The first kappa shape index (κ1) is 29.8. The summed E-state index contributed by atoms with van der Waals surface area (Å²) >= 11 is 0. The molecule has 1 aromatic rings. The maximum atomic E-state index is 15.3. The molecule has 1 aromatic carbocycles. The molecule has 3 aliphatic carbocycles. The highest BCUT2D eigenvalue weighted by Crippen LogP contribution is 2.41. The molecule has 0 amide bonds. The zero-order valence-electron chi connectivity index (χ0n) is 24.7. The molecule has 2 atom stereocenters. The first-order chi connectivity index (χ1) is 18.5. The molecule has 0 aromatic heterocycles. The van der Waals surface area contributed by atoms with Gasteiger partial charge in [0.05, 0.1) is 0 Å². The van der Waals surface area contributed by atoms with Crippen molar-refractivity contribution in [3.05, 3.63) is 47.0 Å². The summed E-state index contributed by atoms with van der Waals surface area (Å²) in [4.78, 5) is 0. The van der Waals surface area contributed by atoms with Gasteiger partial charge in [0, 0.05) is 5.92 Å². The van der Waals surface area contributed by atoms with Crippen LogP contribution in [0.2, 0.25) is 0 Å². The van der Waals surface area contributed by atoms with Crippen LogP contribution in [0.3, 0.4) is 0 Å². The van der Waals surface area contributed by atoms with E-state index in [9.17, 15) is 0 Å². The molecule has 0 saturated heterocycles. The second-order valence-corrected chi connectivity index (χ2v) is 13.5. The van der Waals surface area contributed by atoms with E-state index in [1.54, 1.807) is 0 Å². The Balaban J connectivity index is 1.19. The number of halogens is 2. The van der Waals surface area contributed by atoms with Crippen LogP contribution >= 0.6 is 0 Å². The van der Waals surface area contributed by atoms with Crippen LogP contribution in [0, 0.1) is 35.3 Å². The van der Waals surface area contributed by atoms with E-state index in [0.29, 0.717) is 17.0 Å². The predicted octanol–water partition coefficient (Wildman–Crippen LogP) is 12.0. The number of unbranched alkanes of at least 4 members (excludes halogenated alkanes) is 5. The first-order valence-electron chi connectivity index (χ1n) is 16.7. The van der Waals surface area contributed by atoms with Crippen molar-refractivity contribution in [2.75, 3.05) is 0 Å². The van der Waals surface area contributed by atoms with Crippen LogP contribution in [0.15, 0.2) is 24.3 Å². The van der Waals surface area contributed by atoms with Crippen LogP contribution in [0.5, 0.6) is 0 Å². The van der Waals surface area contributed by atoms with Gasteiger partial charge in [-0.3, -0.25) is 0 Å². The van der Waals surface area contributed by atoms with E-state index in [2.05, 4.69) is 26.0 Å². The molecule has 2 saturated carbocycles. The van der Waals surface area contributed by atoms with Crippen molar-refractivity contribution in [1.29, 1.82) is 0 Å². The van der Waals surface area contributed by atoms with E-state index >= 15 is 8.78 Å². The van der Waals surface area contributed by atoms with Gasteiger partial charge in [-0.15, -0.1) is 0 Å². The third kappa shape index (κ3) is 8.66. The van der Waals surface area contributed by atoms with Gasteiger partial charge in [-0.25, -0.2) is 8.78 Å². The summed E-state index contributed by atoms with van der Waals surface area (Å²) in [6.45, 7) is 4.66. The lowest BCUT2D eigenvalue weighted by Crippen LogP contribution is -2.16. The van der Waals surface area contributed by atoms with E-state index in [0.717, 1.165) is 43.4 Å². The summed E-state index contributed by atoms with van der Waals surface area (Å²) in [7, 11) is 0. The Kier molecular flexibility index (Phi) is 12.2. The molecular formula is C36H56F2. The molecule has 2 heteroatoms. The largest absolute Gasteiger partial charge is 0.203 e. The van der Waals surface area contributed by atoms with E-state index in [4.69, 9.17) is 0 Å². The second-order valence-electron chi connectivity index (χ2n) is 13.5. The summed E-state index contributed by atoms with van der Waals surface area (Å²) in [6.07, 6.45) is 30.0. The fourth-order valence-electron chi connectivity index (χ4n) is 7.81. The van der Waals surface area contributed by atoms with Crippen molar-refractivity contribution in [3.8, 4) is 0 Å².